The molecule has 5 rings (SSSR count). The lowest BCUT2D eigenvalue weighted by atomic mass is 10.2. The van der Waals surface area contributed by atoms with Crippen molar-refractivity contribution < 1.29 is 14.3 Å². The number of anilines is 1. The second-order valence-electron chi connectivity index (χ2n) is 7.83. The zero-order valence-electron chi connectivity index (χ0n) is 19.1. The van der Waals surface area contributed by atoms with E-state index in [0.717, 1.165) is 11.3 Å². The fraction of sp³-hybridized carbons (Fsp3) is 0.115. The minimum Gasteiger partial charge on any atom is -0.493 e. The Labute approximate surface area is 206 Å². The maximum absolute atomic E-state index is 13.4. The summed E-state index contributed by atoms with van der Waals surface area (Å²) in [5.74, 6) is 1.07. The molecule has 0 saturated heterocycles. The fourth-order valence-electron chi connectivity index (χ4n) is 4.00. The highest BCUT2D eigenvalue weighted by atomic mass is 35.5. The molecule has 2 aromatic heterocycles. The monoisotopic (exact) mass is 487 g/mol. The fourth-order valence-corrected chi connectivity index (χ4v) is 4.12. The van der Waals surface area contributed by atoms with Crippen LogP contribution in [-0.4, -0.2) is 34.7 Å². The maximum Gasteiger partial charge on any atom is 0.257 e. The van der Waals surface area contributed by atoms with Crippen molar-refractivity contribution in [3.05, 3.63) is 82.9 Å². The van der Waals surface area contributed by atoms with E-state index in [1.807, 2.05) is 48.5 Å². The number of nitrogen functional groups attached to an aromatic ring is 1. The predicted molar refractivity (Wildman–Crippen MR) is 137 cm³/mol. The molecule has 35 heavy (non-hydrogen) atoms. The van der Waals surface area contributed by atoms with Crippen molar-refractivity contribution >= 4 is 45.5 Å². The first-order chi connectivity index (χ1) is 17.0. The van der Waals surface area contributed by atoms with Gasteiger partial charge in [0, 0.05) is 17.3 Å². The second-order valence-corrected chi connectivity index (χ2v) is 8.27. The highest BCUT2D eigenvalue weighted by Gasteiger charge is 2.25. The van der Waals surface area contributed by atoms with Crippen LogP contribution in [0.3, 0.4) is 0 Å². The average molecular weight is 488 g/mol. The molecular formula is C26H22ClN5O3. The number of nitrogens with one attached hydrogen (secondary N) is 1. The Morgan fingerprint density at radius 3 is 2.34 bits per heavy atom. The van der Waals surface area contributed by atoms with E-state index >= 15 is 0 Å². The van der Waals surface area contributed by atoms with Crippen molar-refractivity contribution in [3.63, 3.8) is 0 Å². The van der Waals surface area contributed by atoms with Gasteiger partial charge in [0.2, 0.25) is 0 Å². The standard InChI is InChI=1S/C26H22ClN5O3/c1-34-20-12-7-15(13-21(20)35-2)14-29-26(33)22-23-25(31-19-6-4-3-5-18(19)30-23)32(24(22)28)17-10-8-16(27)9-11-17/h3-13H,14,28H2,1-2H3,(H,29,33). The van der Waals surface area contributed by atoms with Crippen LogP contribution in [0, 0.1) is 0 Å². The first kappa shape index (κ1) is 22.5. The third-order valence-corrected chi connectivity index (χ3v) is 5.96. The molecule has 3 N–H and O–H groups in total. The molecule has 9 heteroatoms. The maximum atomic E-state index is 13.4. The van der Waals surface area contributed by atoms with Gasteiger partial charge in [0.05, 0.1) is 25.3 Å². The number of rotatable bonds is 6. The summed E-state index contributed by atoms with van der Waals surface area (Å²) in [6, 6.07) is 20.1. The Morgan fingerprint density at radius 2 is 1.66 bits per heavy atom. The van der Waals surface area contributed by atoms with Crippen LogP contribution in [0.5, 0.6) is 11.5 Å². The van der Waals surface area contributed by atoms with Crippen LogP contribution < -0.4 is 20.5 Å². The molecule has 8 nitrogen and oxygen atoms in total. The quantitative estimate of drug-likeness (QED) is 0.358. The van der Waals surface area contributed by atoms with Gasteiger partial charge in [0.15, 0.2) is 17.1 Å². The van der Waals surface area contributed by atoms with Crippen molar-refractivity contribution in [3.8, 4) is 17.2 Å². The van der Waals surface area contributed by atoms with Crippen LogP contribution in [0.25, 0.3) is 27.9 Å². The van der Waals surface area contributed by atoms with Crippen molar-refractivity contribution in [2.24, 2.45) is 0 Å². The molecule has 0 atom stereocenters. The van der Waals surface area contributed by atoms with Crippen molar-refractivity contribution in [1.29, 1.82) is 0 Å². The predicted octanol–water partition coefficient (Wildman–Crippen LogP) is 4.76. The SMILES string of the molecule is COc1ccc(CNC(=O)c2c(N)n(-c3ccc(Cl)cc3)c3nc4ccccc4nc23)cc1OC. The van der Waals surface area contributed by atoms with E-state index in [-0.39, 0.29) is 23.8 Å². The Kier molecular flexibility index (Phi) is 5.88. The van der Waals surface area contributed by atoms with Crippen LogP contribution in [0.15, 0.2) is 66.7 Å². The summed E-state index contributed by atoms with van der Waals surface area (Å²) in [7, 11) is 3.14. The Hall–Kier alpha value is -4.30. The molecule has 0 aliphatic heterocycles. The van der Waals surface area contributed by atoms with Crippen molar-refractivity contribution in [2.75, 3.05) is 20.0 Å². The molecule has 0 radical (unpaired) electrons. The minimum absolute atomic E-state index is 0.238. The van der Waals surface area contributed by atoms with Gasteiger partial charge in [0.1, 0.15) is 16.9 Å². The molecule has 0 unspecified atom stereocenters. The molecular weight excluding hydrogens is 466 g/mol. The second kappa shape index (κ2) is 9.15. The summed E-state index contributed by atoms with van der Waals surface area (Å²) in [4.78, 5) is 22.9. The largest absolute Gasteiger partial charge is 0.493 e. The van der Waals surface area contributed by atoms with E-state index in [1.165, 1.54) is 0 Å². The van der Waals surface area contributed by atoms with Gasteiger partial charge < -0.3 is 20.5 Å². The van der Waals surface area contributed by atoms with E-state index in [9.17, 15) is 4.79 Å². The van der Waals surface area contributed by atoms with Gasteiger partial charge >= 0.3 is 0 Å². The van der Waals surface area contributed by atoms with Crippen molar-refractivity contribution in [1.82, 2.24) is 19.9 Å². The molecule has 1 amide bonds. The molecule has 2 heterocycles. The number of carbonyl (C=O) groups is 1. The van der Waals surface area contributed by atoms with E-state index in [4.69, 9.17) is 36.8 Å². The minimum atomic E-state index is -0.362. The summed E-state index contributed by atoms with van der Waals surface area (Å²) in [5.41, 5.74) is 10.6. The van der Waals surface area contributed by atoms with Gasteiger partial charge in [-0.1, -0.05) is 29.8 Å². The lowest BCUT2D eigenvalue weighted by Gasteiger charge is -2.11. The number of nitrogens with two attached hydrogens (primary N) is 1. The van der Waals surface area contributed by atoms with Crippen LogP contribution in [0.1, 0.15) is 15.9 Å². The number of hydrogen-bond donors (Lipinski definition) is 2. The number of methoxy groups -OCH3 is 2. The smallest absolute Gasteiger partial charge is 0.257 e. The number of benzene rings is 3. The molecule has 0 spiro atoms. The van der Waals surface area contributed by atoms with E-state index < -0.39 is 0 Å². The first-order valence-corrected chi connectivity index (χ1v) is 11.2. The lowest BCUT2D eigenvalue weighted by molar-refractivity contribution is 0.0953. The number of aromatic nitrogens is 3. The number of hydrogen-bond acceptors (Lipinski definition) is 6. The molecule has 0 aliphatic carbocycles. The number of ether oxygens (including phenoxy) is 2. The lowest BCUT2D eigenvalue weighted by Crippen LogP contribution is -2.24. The number of amides is 1. The van der Waals surface area contributed by atoms with Gasteiger partial charge in [-0.2, -0.15) is 0 Å². The van der Waals surface area contributed by atoms with Gasteiger partial charge in [-0.3, -0.25) is 9.36 Å². The molecule has 5 aromatic rings. The number of fused-ring (bicyclic) bond motifs is 2. The molecule has 0 saturated carbocycles. The van der Waals surface area contributed by atoms with Gasteiger partial charge in [-0.05, 0) is 54.1 Å². The third kappa shape index (κ3) is 4.08. The molecule has 3 aromatic carbocycles. The summed E-state index contributed by atoms with van der Waals surface area (Å²) in [5, 5.41) is 3.53. The normalized spacial score (nSPS) is 11.1. The van der Waals surface area contributed by atoms with Crippen LogP contribution in [-0.2, 0) is 6.54 Å². The van der Waals surface area contributed by atoms with E-state index in [2.05, 4.69) is 5.32 Å². The van der Waals surface area contributed by atoms with Gasteiger partial charge in [-0.15, -0.1) is 0 Å². The molecule has 0 bridgehead atoms. The van der Waals surface area contributed by atoms with E-state index in [1.54, 1.807) is 37.0 Å². The zero-order valence-corrected chi connectivity index (χ0v) is 19.8. The first-order valence-electron chi connectivity index (χ1n) is 10.8. The van der Waals surface area contributed by atoms with Gasteiger partial charge in [0.25, 0.3) is 5.91 Å². The summed E-state index contributed by atoms with van der Waals surface area (Å²) >= 11 is 6.08. The number of carbonyl (C=O) groups excluding carboxylic acids is 1. The Balaban J connectivity index is 1.58. The van der Waals surface area contributed by atoms with Gasteiger partial charge in [-0.25, -0.2) is 9.97 Å². The van der Waals surface area contributed by atoms with Crippen molar-refractivity contribution in [2.45, 2.75) is 6.54 Å². The van der Waals surface area contributed by atoms with Crippen LogP contribution in [0.2, 0.25) is 5.02 Å². The Bertz CT molecular complexity index is 1560. The summed E-state index contributed by atoms with van der Waals surface area (Å²) in [6.45, 7) is 0.257. The zero-order chi connectivity index (χ0) is 24.5. The highest BCUT2D eigenvalue weighted by Crippen LogP contribution is 2.32. The van der Waals surface area contributed by atoms with Crippen LogP contribution in [0.4, 0.5) is 5.82 Å². The number of nitrogens with zero attached hydrogens (tertiary/aromatic N) is 3. The molecule has 0 fully saturated rings. The topological polar surface area (TPSA) is 104 Å². The third-order valence-electron chi connectivity index (χ3n) is 5.71. The molecule has 0 aliphatic rings. The number of halogens is 1. The van der Waals surface area contributed by atoms with E-state index in [0.29, 0.717) is 38.7 Å². The summed E-state index contributed by atoms with van der Waals surface area (Å²) in [6.07, 6.45) is 0. The van der Waals surface area contributed by atoms with Crippen LogP contribution >= 0.6 is 11.6 Å². The molecule has 176 valence electrons. The average Bonchev–Trinajstić information content (AvgIpc) is 3.16. The highest BCUT2D eigenvalue weighted by molar-refractivity contribution is 6.30. The Morgan fingerprint density at radius 1 is 0.971 bits per heavy atom. The summed E-state index contributed by atoms with van der Waals surface area (Å²) < 4.78 is 12.4. The number of para-hydroxylation sites is 2.